The minimum Gasteiger partial charge on any atom is -0.481 e. The summed E-state index contributed by atoms with van der Waals surface area (Å²) in [4.78, 5) is 17.2. The van der Waals surface area contributed by atoms with Crippen molar-refractivity contribution in [2.45, 2.75) is 12.8 Å². The largest absolute Gasteiger partial charge is 0.481 e. The Hall–Kier alpha value is -1.29. The van der Waals surface area contributed by atoms with Crippen LogP contribution < -0.4 is 4.90 Å². The molecule has 0 radical (unpaired) electrons. The van der Waals surface area contributed by atoms with Gasteiger partial charge in [0.15, 0.2) is 0 Å². The van der Waals surface area contributed by atoms with E-state index in [4.69, 9.17) is 5.11 Å². The smallest absolute Gasteiger partial charge is 0.308 e. The lowest BCUT2D eigenvalue weighted by Crippen LogP contribution is -2.39. The first kappa shape index (κ1) is 12.8. The molecule has 1 aliphatic rings. The molecule has 0 bridgehead atoms. The van der Waals surface area contributed by atoms with E-state index in [0.717, 1.165) is 25.2 Å². The van der Waals surface area contributed by atoms with E-state index in [1.165, 1.54) is 0 Å². The lowest BCUT2D eigenvalue weighted by atomic mass is 9.98. The Balaban J connectivity index is 0.00000128. The summed E-state index contributed by atoms with van der Waals surface area (Å²) in [7, 11) is 0. The zero-order valence-electron chi connectivity index (χ0n) is 8.87. The van der Waals surface area contributed by atoms with Crippen LogP contribution in [0.4, 0.5) is 5.82 Å². The van der Waals surface area contributed by atoms with Crippen molar-refractivity contribution >= 4 is 24.2 Å². The molecule has 88 valence electrons. The maximum atomic E-state index is 10.9. The summed E-state index contributed by atoms with van der Waals surface area (Å²) in [5.41, 5.74) is 0. The van der Waals surface area contributed by atoms with E-state index in [2.05, 4.69) is 4.98 Å². The second-order valence-corrected chi connectivity index (χ2v) is 3.81. The molecule has 0 aliphatic carbocycles. The highest BCUT2D eigenvalue weighted by Crippen LogP contribution is 2.21. The molecule has 0 spiro atoms. The van der Waals surface area contributed by atoms with Gasteiger partial charge in [-0.25, -0.2) is 4.98 Å². The summed E-state index contributed by atoms with van der Waals surface area (Å²) in [6.45, 7) is 1.48. The van der Waals surface area contributed by atoms with E-state index in [0.29, 0.717) is 6.54 Å². The van der Waals surface area contributed by atoms with E-state index in [-0.39, 0.29) is 18.3 Å². The third-order valence-electron chi connectivity index (χ3n) is 2.74. The summed E-state index contributed by atoms with van der Waals surface area (Å²) in [5.74, 6) is -0.0696. The second-order valence-electron chi connectivity index (χ2n) is 3.81. The number of hydrogen-bond donors (Lipinski definition) is 1. The molecule has 1 aliphatic heterocycles. The van der Waals surface area contributed by atoms with Gasteiger partial charge in [-0.15, -0.1) is 12.4 Å². The Morgan fingerprint density at radius 3 is 2.94 bits per heavy atom. The van der Waals surface area contributed by atoms with Crippen molar-refractivity contribution in [1.29, 1.82) is 0 Å². The van der Waals surface area contributed by atoms with Gasteiger partial charge in [-0.3, -0.25) is 4.79 Å². The zero-order valence-corrected chi connectivity index (χ0v) is 9.69. The van der Waals surface area contributed by atoms with E-state index < -0.39 is 5.97 Å². The number of pyridine rings is 1. The van der Waals surface area contributed by atoms with Gasteiger partial charge >= 0.3 is 5.97 Å². The minimum atomic E-state index is -0.698. The van der Waals surface area contributed by atoms with Gasteiger partial charge in [0.25, 0.3) is 0 Å². The number of hydrogen-bond acceptors (Lipinski definition) is 3. The van der Waals surface area contributed by atoms with E-state index in [1.807, 2.05) is 23.1 Å². The number of carboxylic acid groups (broad SMARTS) is 1. The van der Waals surface area contributed by atoms with Gasteiger partial charge < -0.3 is 10.0 Å². The Bertz CT molecular complexity index is 345. The fourth-order valence-electron chi connectivity index (χ4n) is 1.93. The van der Waals surface area contributed by atoms with Crippen molar-refractivity contribution in [3.05, 3.63) is 24.4 Å². The van der Waals surface area contributed by atoms with Gasteiger partial charge in [0.1, 0.15) is 5.82 Å². The van der Waals surface area contributed by atoms with Gasteiger partial charge in [0, 0.05) is 19.3 Å². The van der Waals surface area contributed by atoms with Crippen LogP contribution in [0.15, 0.2) is 24.4 Å². The summed E-state index contributed by atoms with van der Waals surface area (Å²) in [6, 6.07) is 5.71. The molecule has 2 rings (SSSR count). The third kappa shape index (κ3) is 2.85. The molecule has 2 heterocycles. The van der Waals surface area contributed by atoms with Crippen molar-refractivity contribution < 1.29 is 9.90 Å². The Morgan fingerprint density at radius 2 is 2.31 bits per heavy atom. The van der Waals surface area contributed by atoms with Crippen LogP contribution in [0, 0.1) is 5.92 Å². The van der Waals surface area contributed by atoms with Crippen molar-refractivity contribution in [2.75, 3.05) is 18.0 Å². The third-order valence-corrected chi connectivity index (χ3v) is 2.74. The van der Waals surface area contributed by atoms with Crippen LogP contribution in [0.1, 0.15) is 12.8 Å². The van der Waals surface area contributed by atoms with Crippen LogP contribution in [0.2, 0.25) is 0 Å². The zero-order chi connectivity index (χ0) is 10.7. The predicted molar refractivity (Wildman–Crippen MR) is 64.1 cm³/mol. The highest BCUT2D eigenvalue weighted by atomic mass is 35.5. The molecule has 0 amide bonds. The molecular formula is C11H15ClN2O2. The lowest BCUT2D eigenvalue weighted by molar-refractivity contribution is -0.141. The van der Waals surface area contributed by atoms with Crippen LogP contribution in [-0.4, -0.2) is 29.1 Å². The first-order valence-corrected chi connectivity index (χ1v) is 5.16. The number of carboxylic acids is 1. The van der Waals surface area contributed by atoms with Crippen LogP contribution in [0.25, 0.3) is 0 Å². The Morgan fingerprint density at radius 1 is 1.50 bits per heavy atom. The fourth-order valence-corrected chi connectivity index (χ4v) is 1.93. The molecule has 4 nitrogen and oxygen atoms in total. The molecule has 1 aromatic rings. The van der Waals surface area contributed by atoms with Crippen LogP contribution in [-0.2, 0) is 4.79 Å². The van der Waals surface area contributed by atoms with Gasteiger partial charge in [-0.1, -0.05) is 6.07 Å². The van der Waals surface area contributed by atoms with E-state index in [1.54, 1.807) is 6.20 Å². The quantitative estimate of drug-likeness (QED) is 0.859. The first-order valence-electron chi connectivity index (χ1n) is 5.16. The summed E-state index contributed by atoms with van der Waals surface area (Å²) < 4.78 is 0. The second kappa shape index (κ2) is 5.70. The SMILES string of the molecule is Cl.O=C(O)C1CCCN(c2ccccn2)C1. The number of rotatable bonds is 2. The van der Waals surface area contributed by atoms with Gasteiger partial charge in [-0.2, -0.15) is 0 Å². The molecule has 0 saturated carbocycles. The normalized spacial score (nSPS) is 20.0. The van der Waals surface area contributed by atoms with Crippen LogP contribution in [0.3, 0.4) is 0 Å². The highest BCUT2D eigenvalue weighted by molar-refractivity contribution is 5.85. The molecule has 16 heavy (non-hydrogen) atoms. The number of aliphatic carboxylic acids is 1. The molecule has 1 atom stereocenters. The number of piperidine rings is 1. The molecule has 1 unspecified atom stereocenters. The number of halogens is 1. The van der Waals surface area contributed by atoms with Crippen molar-refractivity contribution in [3.8, 4) is 0 Å². The molecule has 1 saturated heterocycles. The average Bonchev–Trinajstić information content (AvgIpc) is 2.30. The summed E-state index contributed by atoms with van der Waals surface area (Å²) in [6.07, 6.45) is 3.44. The molecule has 1 fully saturated rings. The first-order chi connectivity index (χ1) is 7.27. The van der Waals surface area contributed by atoms with Crippen molar-refractivity contribution in [3.63, 3.8) is 0 Å². The number of nitrogens with zero attached hydrogens (tertiary/aromatic N) is 2. The molecule has 5 heteroatoms. The van der Waals surface area contributed by atoms with Gasteiger partial charge in [0.05, 0.1) is 5.92 Å². The number of carbonyl (C=O) groups is 1. The summed E-state index contributed by atoms with van der Waals surface area (Å²) >= 11 is 0. The Labute approximate surface area is 101 Å². The van der Waals surface area contributed by atoms with Crippen LogP contribution >= 0.6 is 12.4 Å². The number of anilines is 1. The monoisotopic (exact) mass is 242 g/mol. The van der Waals surface area contributed by atoms with Crippen molar-refractivity contribution in [1.82, 2.24) is 4.98 Å². The van der Waals surface area contributed by atoms with E-state index >= 15 is 0 Å². The summed E-state index contributed by atoms with van der Waals surface area (Å²) in [5, 5.41) is 8.96. The van der Waals surface area contributed by atoms with Gasteiger partial charge in [0.2, 0.25) is 0 Å². The van der Waals surface area contributed by atoms with E-state index in [9.17, 15) is 4.79 Å². The molecular weight excluding hydrogens is 228 g/mol. The maximum Gasteiger partial charge on any atom is 0.308 e. The molecule has 1 aromatic heterocycles. The maximum absolute atomic E-state index is 10.9. The lowest BCUT2D eigenvalue weighted by Gasteiger charge is -2.31. The fraction of sp³-hybridized carbons (Fsp3) is 0.455. The highest BCUT2D eigenvalue weighted by Gasteiger charge is 2.25. The predicted octanol–water partition coefficient (Wildman–Crippen LogP) is 1.80. The van der Waals surface area contributed by atoms with Crippen LogP contribution in [0.5, 0.6) is 0 Å². The minimum absolute atomic E-state index is 0. The standard InChI is InChI=1S/C11H14N2O2.ClH/c14-11(15)9-4-3-7-13(8-9)10-5-1-2-6-12-10;/h1-2,5-6,9H,3-4,7-8H2,(H,14,15);1H. The molecule has 0 aromatic carbocycles. The van der Waals surface area contributed by atoms with Gasteiger partial charge in [-0.05, 0) is 25.0 Å². The van der Waals surface area contributed by atoms with Crippen molar-refractivity contribution in [2.24, 2.45) is 5.92 Å². The Kier molecular flexibility index (Phi) is 4.55. The average molecular weight is 243 g/mol. The topological polar surface area (TPSA) is 53.4 Å². The number of aromatic nitrogens is 1. The molecule has 1 N–H and O–H groups in total.